The third-order valence-electron chi connectivity index (χ3n) is 5.24. The number of benzene rings is 2. The predicted octanol–water partition coefficient (Wildman–Crippen LogP) is 5.57. The molecule has 1 aliphatic rings. The number of anilines is 2. The van der Waals surface area contributed by atoms with Gasteiger partial charge >= 0.3 is 0 Å². The van der Waals surface area contributed by atoms with E-state index in [1.54, 1.807) is 34.6 Å². The van der Waals surface area contributed by atoms with Crippen molar-refractivity contribution in [3.63, 3.8) is 0 Å². The number of aromatic nitrogens is 3. The van der Waals surface area contributed by atoms with Crippen LogP contribution in [0.5, 0.6) is 11.5 Å². The number of phenols is 1. The lowest BCUT2D eigenvalue weighted by molar-refractivity contribution is -0.113. The fourth-order valence-corrected chi connectivity index (χ4v) is 4.80. The standard InChI is InChI=1S/C24H26BrN5O3S/c1-4-12-34-24-28-23-26-14(3)20(22(32)27-17-8-6-7-9-19(17)33-5-2)21(30(23)29-24)15-10-11-18(31)16(25)13-15/h6-11,13,21,31H,4-5,12H2,1-3H3,(H,27,32)(H,26,28,29). The number of halogens is 1. The molecule has 0 radical (unpaired) electrons. The van der Waals surface area contributed by atoms with E-state index in [0.717, 1.165) is 17.7 Å². The maximum absolute atomic E-state index is 13.7. The zero-order valence-electron chi connectivity index (χ0n) is 19.1. The van der Waals surface area contributed by atoms with Crippen LogP contribution in [0, 0.1) is 0 Å². The van der Waals surface area contributed by atoms with Crippen LogP contribution in [-0.4, -0.2) is 38.1 Å². The number of nitrogens with one attached hydrogen (secondary N) is 2. The van der Waals surface area contributed by atoms with Crippen LogP contribution < -0.4 is 15.4 Å². The molecule has 1 aliphatic heterocycles. The maximum Gasteiger partial charge on any atom is 0.255 e. The van der Waals surface area contributed by atoms with Crippen molar-refractivity contribution in [2.45, 2.75) is 38.4 Å². The van der Waals surface area contributed by atoms with E-state index < -0.39 is 6.04 Å². The maximum atomic E-state index is 13.7. The molecule has 178 valence electrons. The van der Waals surface area contributed by atoms with Crippen LogP contribution in [0.1, 0.15) is 38.8 Å². The zero-order chi connectivity index (χ0) is 24.2. The number of hydrogen-bond acceptors (Lipinski definition) is 7. The van der Waals surface area contributed by atoms with Gasteiger partial charge in [-0.1, -0.05) is 36.9 Å². The van der Waals surface area contributed by atoms with Gasteiger partial charge < -0.3 is 20.5 Å². The molecule has 10 heteroatoms. The Morgan fingerprint density at radius 3 is 2.82 bits per heavy atom. The first-order chi connectivity index (χ1) is 16.4. The third kappa shape index (κ3) is 4.92. The highest BCUT2D eigenvalue weighted by molar-refractivity contribution is 9.10. The third-order valence-corrected chi connectivity index (χ3v) is 6.91. The summed E-state index contributed by atoms with van der Waals surface area (Å²) in [5, 5.41) is 21.6. The summed E-state index contributed by atoms with van der Waals surface area (Å²) >= 11 is 4.97. The predicted molar refractivity (Wildman–Crippen MR) is 138 cm³/mol. The number of nitrogens with zero attached hydrogens (tertiary/aromatic N) is 3. The number of hydrogen-bond donors (Lipinski definition) is 3. The van der Waals surface area contributed by atoms with E-state index >= 15 is 0 Å². The molecule has 1 amide bonds. The highest BCUT2D eigenvalue weighted by atomic mass is 79.9. The number of amides is 1. The van der Waals surface area contributed by atoms with Gasteiger partial charge in [-0.15, -0.1) is 5.10 Å². The van der Waals surface area contributed by atoms with Gasteiger partial charge in [-0.05, 0) is 66.0 Å². The van der Waals surface area contributed by atoms with Crippen LogP contribution in [0.3, 0.4) is 0 Å². The summed E-state index contributed by atoms with van der Waals surface area (Å²) in [5.41, 5.74) is 2.54. The monoisotopic (exact) mass is 543 g/mol. The van der Waals surface area contributed by atoms with E-state index in [1.807, 2.05) is 38.1 Å². The van der Waals surface area contributed by atoms with Gasteiger partial charge in [-0.25, -0.2) is 4.68 Å². The SMILES string of the molecule is CCCSc1nc2n(n1)C(c1ccc(O)c(Br)c1)C(C(=O)Nc1ccccc1OCC)=C(C)N2. The first-order valence-corrected chi connectivity index (χ1v) is 12.8. The van der Waals surface area contributed by atoms with E-state index in [4.69, 9.17) is 9.84 Å². The van der Waals surface area contributed by atoms with Crippen LogP contribution in [0.25, 0.3) is 0 Å². The van der Waals surface area contributed by atoms with E-state index in [0.29, 0.717) is 44.9 Å². The molecule has 3 aromatic rings. The van der Waals surface area contributed by atoms with Crippen molar-refractivity contribution in [3.05, 3.63) is 63.8 Å². The van der Waals surface area contributed by atoms with Crippen LogP contribution in [0.2, 0.25) is 0 Å². The van der Waals surface area contributed by atoms with Crippen molar-refractivity contribution in [3.8, 4) is 11.5 Å². The van der Waals surface area contributed by atoms with Crippen molar-refractivity contribution in [1.29, 1.82) is 0 Å². The number of phenolic OH excluding ortho intramolecular Hbond substituents is 1. The number of ether oxygens (including phenoxy) is 1. The van der Waals surface area contributed by atoms with E-state index in [9.17, 15) is 9.90 Å². The summed E-state index contributed by atoms with van der Waals surface area (Å²) < 4.78 is 7.94. The lowest BCUT2D eigenvalue weighted by atomic mass is 9.95. The molecule has 0 saturated heterocycles. The zero-order valence-corrected chi connectivity index (χ0v) is 21.5. The summed E-state index contributed by atoms with van der Waals surface area (Å²) in [4.78, 5) is 18.3. The molecule has 1 atom stereocenters. The quantitative estimate of drug-likeness (QED) is 0.319. The number of allylic oxidation sites excluding steroid dienone is 1. The largest absolute Gasteiger partial charge is 0.507 e. The molecule has 2 aromatic carbocycles. The fraction of sp³-hybridized carbons (Fsp3) is 0.292. The van der Waals surface area contributed by atoms with Crippen LogP contribution in [0.4, 0.5) is 11.6 Å². The fourth-order valence-electron chi connectivity index (χ4n) is 3.72. The molecule has 0 bridgehead atoms. The Morgan fingerprint density at radius 2 is 2.09 bits per heavy atom. The number of para-hydroxylation sites is 2. The molecular formula is C24H26BrN5O3S. The van der Waals surface area contributed by atoms with Crippen molar-refractivity contribution in [2.75, 3.05) is 23.0 Å². The molecule has 1 unspecified atom stereocenters. The van der Waals surface area contributed by atoms with Gasteiger partial charge in [0.1, 0.15) is 17.5 Å². The van der Waals surface area contributed by atoms with Gasteiger partial charge in [0.2, 0.25) is 11.1 Å². The van der Waals surface area contributed by atoms with Crippen molar-refractivity contribution in [2.24, 2.45) is 0 Å². The Bertz CT molecular complexity index is 1240. The summed E-state index contributed by atoms with van der Waals surface area (Å²) in [6.07, 6.45) is 1.00. The minimum atomic E-state index is -0.545. The second-order valence-electron chi connectivity index (χ2n) is 7.67. The van der Waals surface area contributed by atoms with Crippen LogP contribution >= 0.6 is 27.7 Å². The Kier molecular flexibility index (Phi) is 7.47. The lowest BCUT2D eigenvalue weighted by Crippen LogP contribution is -2.31. The summed E-state index contributed by atoms with van der Waals surface area (Å²) in [7, 11) is 0. The Labute approximate surface area is 210 Å². The van der Waals surface area contributed by atoms with Gasteiger partial charge in [0.25, 0.3) is 5.91 Å². The summed E-state index contributed by atoms with van der Waals surface area (Å²) in [5.74, 6) is 1.90. The van der Waals surface area contributed by atoms with Crippen molar-refractivity contribution < 1.29 is 14.6 Å². The Hall–Kier alpha value is -2.98. The Morgan fingerprint density at radius 1 is 1.29 bits per heavy atom. The molecule has 4 rings (SSSR count). The van der Waals surface area contributed by atoms with Gasteiger partial charge in [0.05, 0.1) is 22.3 Å². The molecule has 8 nitrogen and oxygen atoms in total. The molecule has 1 aromatic heterocycles. The first-order valence-electron chi connectivity index (χ1n) is 11.0. The molecule has 0 fully saturated rings. The number of aromatic hydroxyl groups is 1. The number of rotatable bonds is 8. The highest BCUT2D eigenvalue weighted by Gasteiger charge is 2.35. The van der Waals surface area contributed by atoms with Crippen molar-refractivity contribution >= 4 is 45.2 Å². The van der Waals surface area contributed by atoms with Gasteiger partial charge in [0.15, 0.2) is 0 Å². The minimum Gasteiger partial charge on any atom is -0.507 e. The molecule has 3 N–H and O–H groups in total. The number of fused-ring (bicyclic) bond motifs is 1. The molecule has 0 aliphatic carbocycles. The second-order valence-corrected chi connectivity index (χ2v) is 9.59. The Balaban J connectivity index is 1.77. The molecular weight excluding hydrogens is 518 g/mol. The number of carbonyl (C=O) groups is 1. The minimum absolute atomic E-state index is 0.119. The summed E-state index contributed by atoms with van der Waals surface area (Å²) in [6.45, 7) is 6.34. The van der Waals surface area contributed by atoms with E-state index in [1.165, 1.54) is 0 Å². The molecule has 2 heterocycles. The van der Waals surface area contributed by atoms with Gasteiger partial charge in [0, 0.05) is 11.4 Å². The van der Waals surface area contributed by atoms with Crippen LogP contribution in [0.15, 0.2) is 63.4 Å². The van der Waals surface area contributed by atoms with Gasteiger partial charge in [-0.2, -0.15) is 4.98 Å². The van der Waals surface area contributed by atoms with E-state index in [2.05, 4.69) is 38.5 Å². The average Bonchev–Trinajstić information content (AvgIpc) is 3.22. The number of carbonyl (C=O) groups excluding carboxylic acids is 1. The average molecular weight is 544 g/mol. The first kappa shape index (κ1) is 24.2. The molecule has 0 spiro atoms. The highest BCUT2D eigenvalue weighted by Crippen LogP contribution is 2.39. The summed E-state index contributed by atoms with van der Waals surface area (Å²) in [6, 6.07) is 12.0. The van der Waals surface area contributed by atoms with Gasteiger partial charge in [-0.3, -0.25) is 4.79 Å². The van der Waals surface area contributed by atoms with E-state index in [-0.39, 0.29) is 11.7 Å². The van der Waals surface area contributed by atoms with Crippen LogP contribution in [-0.2, 0) is 4.79 Å². The lowest BCUT2D eigenvalue weighted by Gasteiger charge is -2.29. The smallest absolute Gasteiger partial charge is 0.255 e. The molecule has 34 heavy (non-hydrogen) atoms. The topological polar surface area (TPSA) is 101 Å². The normalized spacial score (nSPS) is 15.0. The van der Waals surface area contributed by atoms with Crippen molar-refractivity contribution in [1.82, 2.24) is 14.8 Å². The number of thioether (sulfide) groups is 1. The molecule has 0 saturated carbocycles. The second kappa shape index (κ2) is 10.5.